The molecule has 2 aromatic heterocycles. The Kier molecular flexibility index (Phi) is 4.57. The highest BCUT2D eigenvalue weighted by Crippen LogP contribution is 2.12. The highest BCUT2D eigenvalue weighted by molar-refractivity contribution is 5.85. The molecule has 0 bridgehead atoms. The van der Waals surface area contributed by atoms with Gasteiger partial charge in [0.25, 0.3) is 0 Å². The number of nitrogens with one attached hydrogen (secondary N) is 1. The first-order valence-corrected chi connectivity index (χ1v) is 5.45. The minimum atomic E-state index is 0. The molecular weight excluding hydrogens is 238 g/mol. The first-order valence-electron chi connectivity index (χ1n) is 5.45. The van der Waals surface area contributed by atoms with Crippen molar-refractivity contribution in [3.63, 3.8) is 0 Å². The zero-order chi connectivity index (χ0) is 11.5. The highest BCUT2D eigenvalue weighted by Gasteiger charge is 2.04. The van der Waals surface area contributed by atoms with Crippen LogP contribution in [0.5, 0.6) is 0 Å². The summed E-state index contributed by atoms with van der Waals surface area (Å²) in [6.07, 6.45) is 3.98. The molecule has 0 aromatic carbocycles. The molecule has 2 heterocycles. The summed E-state index contributed by atoms with van der Waals surface area (Å²) in [4.78, 5) is 0. The molecule has 0 aliphatic carbocycles. The summed E-state index contributed by atoms with van der Waals surface area (Å²) in [5.41, 5.74) is 2.19. The molecule has 2 rings (SSSR count). The van der Waals surface area contributed by atoms with Crippen LogP contribution < -0.4 is 5.32 Å². The standard InChI is InChI=1S/C11H17N5.ClH/c1-4-16-8-9(2)11(14-16)12-7-10-5-6-15(3)13-10;/h5-6,8H,4,7H2,1-3H3,(H,12,14);1H. The first kappa shape index (κ1) is 13.6. The van der Waals surface area contributed by atoms with Gasteiger partial charge in [-0.1, -0.05) is 0 Å². The molecule has 0 saturated carbocycles. The van der Waals surface area contributed by atoms with E-state index in [1.807, 2.05) is 30.2 Å². The predicted molar refractivity (Wildman–Crippen MR) is 70.4 cm³/mol. The first-order chi connectivity index (χ1) is 7.69. The molecule has 0 radical (unpaired) electrons. The fourth-order valence-corrected chi connectivity index (χ4v) is 1.59. The summed E-state index contributed by atoms with van der Waals surface area (Å²) >= 11 is 0. The molecule has 0 atom stereocenters. The van der Waals surface area contributed by atoms with Gasteiger partial charge in [-0.25, -0.2) is 0 Å². The molecular formula is C11H18ClN5. The summed E-state index contributed by atoms with van der Waals surface area (Å²) in [5.74, 6) is 0.938. The molecule has 0 saturated heterocycles. The van der Waals surface area contributed by atoms with Crippen LogP contribution in [0.1, 0.15) is 18.2 Å². The second kappa shape index (κ2) is 5.72. The van der Waals surface area contributed by atoms with Crippen LogP contribution in [0.25, 0.3) is 0 Å². The van der Waals surface area contributed by atoms with E-state index in [0.717, 1.165) is 23.6 Å². The van der Waals surface area contributed by atoms with E-state index in [2.05, 4.69) is 29.4 Å². The Hall–Kier alpha value is -1.49. The molecule has 94 valence electrons. The summed E-state index contributed by atoms with van der Waals surface area (Å²) in [7, 11) is 1.92. The van der Waals surface area contributed by atoms with Crippen molar-refractivity contribution in [1.29, 1.82) is 0 Å². The molecule has 0 aliphatic rings. The number of rotatable bonds is 4. The van der Waals surface area contributed by atoms with Gasteiger partial charge in [0.2, 0.25) is 0 Å². The van der Waals surface area contributed by atoms with Crippen LogP contribution >= 0.6 is 12.4 Å². The van der Waals surface area contributed by atoms with Gasteiger partial charge in [0.15, 0.2) is 5.82 Å². The van der Waals surface area contributed by atoms with Crippen molar-refractivity contribution in [3.8, 4) is 0 Å². The lowest BCUT2D eigenvalue weighted by Gasteiger charge is -2.01. The average Bonchev–Trinajstić information content (AvgIpc) is 2.82. The van der Waals surface area contributed by atoms with Crippen LogP contribution in [0.2, 0.25) is 0 Å². The second-order valence-electron chi connectivity index (χ2n) is 3.85. The minimum absolute atomic E-state index is 0. The number of aromatic nitrogens is 4. The Bertz CT molecular complexity index is 474. The number of hydrogen-bond donors (Lipinski definition) is 1. The number of aryl methyl sites for hydroxylation is 3. The van der Waals surface area contributed by atoms with Gasteiger partial charge in [-0.2, -0.15) is 10.2 Å². The lowest BCUT2D eigenvalue weighted by Crippen LogP contribution is -2.03. The molecule has 0 spiro atoms. The second-order valence-corrected chi connectivity index (χ2v) is 3.85. The Morgan fingerprint density at radius 2 is 2.12 bits per heavy atom. The maximum atomic E-state index is 4.42. The monoisotopic (exact) mass is 255 g/mol. The Balaban J connectivity index is 0.00000144. The van der Waals surface area contributed by atoms with Crippen LogP contribution in [-0.2, 0) is 20.1 Å². The minimum Gasteiger partial charge on any atom is -0.363 e. The fraction of sp³-hybridized carbons (Fsp3) is 0.455. The predicted octanol–water partition coefficient (Wildman–Crippen LogP) is 1.98. The normalized spacial score (nSPS) is 10.1. The molecule has 6 heteroatoms. The number of halogens is 1. The maximum Gasteiger partial charge on any atom is 0.151 e. The summed E-state index contributed by atoms with van der Waals surface area (Å²) < 4.78 is 3.73. The van der Waals surface area contributed by atoms with Crippen molar-refractivity contribution in [2.24, 2.45) is 7.05 Å². The van der Waals surface area contributed by atoms with E-state index in [4.69, 9.17) is 0 Å². The molecule has 0 amide bonds. The smallest absolute Gasteiger partial charge is 0.151 e. The quantitative estimate of drug-likeness (QED) is 0.909. The zero-order valence-electron chi connectivity index (χ0n) is 10.3. The fourth-order valence-electron chi connectivity index (χ4n) is 1.59. The largest absolute Gasteiger partial charge is 0.363 e. The van der Waals surface area contributed by atoms with E-state index in [-0.39, 0.29) is 12.4 Å². The van der Waals surface area contributed by atoms with Gasteiger partial charge in [0.05, 0.1) is 12.2 Å². The van der Waals surface area contributed by atoms with Gasteiger partial charge in [-0.05, 0) is 19.9 Å². The van der Waals surface area contributed by atoms with Gasteiger partial charge in [0.1, 0.15) is 0 Å². The van der Waals surface area contributed by atoms with E-state index in [1.165, 1.54) is 0 Å². The Morgan fingerprint density at radius 3 is 2.65 bits per heavy atom. The van der Waals surface area contributed by atoms with Crippen LogP contribution in [-0.4, -0.2) is 19.6 Å². The molecule has 0 aliphatic heterocycles. The van der Waals surface area contributed by atoms with E-state index in [1.54, 1.807) is 4.68 Å². The van der Waals surface area contributed by atoms with Crippen molar-refractivity contribution in [1.82, 2.24) is 19.6 Å². The van der Waals surface area contributed by atoms with Crippen molar-refractivity contribution in [2.75, 3.05) is 5.32 Å². The van der Waals surface area contributed by atoms with Crippen LogP contribution in [0.3, 0.4) is 0 Å². The van der Waals surface area contributed by atoms with E-state index < -0.39 is 0 Å². The van der Waals surface area contributed by atoms with Gasteiger partial charge in [-0.15, -0.1) is 12.4 Å². The van der Waals surface area contributed by atoms with E-state index in [9.17, 15) is 0 Å². The molecule has 5 nitrogen and oxygen atoms in total. The summed E-state index contributed by atoms with van der Waals surface area (Å²) in [6, 6.07) is 2.00. The Labute approximate surface area is 107 Å². The number of hydrogen-bond acceptors (Lipinski definition) is 3. The third-order valence-corrected chi connectivity index (χ3v) is 2.47. The maximum absolute atomic E-state index is 4.42. The van der Waals surface area contributed by atoms with Crippen molar-refractivity contribution in [3.05, 3.63) is 29.7 Å². The van der Waals surface area contributed by atoms with Gasteiger partial charge >= 0.3 is 0 Å². The molecule has 17 heavy (non-hydrogen) atoms. The molecule has 2 aromatic rings. The zero-order valence-corrected chi connectivity index (χ0v) is 11.2. The third-order valence-electron chi connectivity index (χ3n) is 2.47. The number of nitrogens with zero attached hydrogens (tertiary/aromatic N) is 4. The average molecular weight is 256 g/mol. The van der Waals surface area contributed by atoms with Crippen LogP contribution in [0, 0.1) is 6.92 Å². The highest BCUT2D eigenvalue weighted by atomic mass is 35.5. The lowest BCUT2D eigenvalue weighted by molar-refractivity contribution is 0.660. The lowest BCUT2D eigenvalue weighted by atomic mass is 10.3. The van der Waals surface area contributed by atoms with Gasteiger partial charge in [-0.3, -0.25) is 9.36 Å². The van der Waals surface area contributed by atoms with Crippen molar-refractivity contribution in [2.45, 2.75) is 26.9 Å². The summed E-state index contributed by atoms with van der Waals surface area (Å²) in [5, 5.41) is 12.0. The molecule has 1 N–H and O–H groups in total. The SMILES string of the molecule is CCn1cc(C)c(NCc2ccn(C)n2)n1.Cl. The van der Waals surface area contributed by atoms with Crippen LogP contribution in [0.4, 0.5) is 5.82 Å². The van der Waals surface area contributed by atoms with Gasteiger partial charge < -0.3 is 5.32 Å². The summed E-state index contributed by atoms with van der Waals surface area (Å²) in [6.45, 7) is 5.74. The van der Waals surface area contributed by atoms with Crippen LogP contribution in [0.15, 0.2) is 18.5 Å². The topological polar surface area (TPSA) is 47.7 Å². The van der Waals surface area contributed by atoms with E-state index >= 15 is 0 Å². The molecule has 0 fully saturated rings. The third kappa shape index (κ3) is 3.23. The van der Waals surface area contributed by atoms with E-state index in [0.29, 0.717) is 6.54 Å². The van der Waals surface area contributed by atoms with Crippen molar-refractivity contribution < 1.29 is 0 Å². The molecule has 0 unspecified atom stereocenters. The van der Waals surface area contributed by atoms with Gasteiger partial charge in [0, 0.05) is 31.5 Å². The number of anilines is 1. The van der Waals surface area contributed by atoms with Crippen molar-refractivity contribution >= 4 is 18.2 Å². The Morgan fingerprint density at radius 1 is 1.35 bits per heavy atom.